The molecule has 1 saturated heterocycles. The number of carboxylic acid groups (broad SMARTS) is 2. The van der Waals surface area contributed by atoms with Crippen LogP contribution in [0, 0.1) is 5.41 Å². The summed E-state index contributed by atoms with van der Waals surface area (Å²) < 4.78 is 0. The summed E-state index contributed by atoms with van der Waals surface area (Å²) in [6.45, 7) is 0.318. The van der Waals surface area contributed by atoms with Crippen molar-refractivity contribution < 1.29 is 24.6 Å². The lowest BCUT2D eigenvalue weighted by Crippen LogP contribution is -2.25. The molecule has 16 heavy (non-hydrogen) atoms. The Labute approximate surface area is 91.4 Å². The van der Waals surface area contributed by atoms with Crippen LogP contribution in [0.4, 0.5) is 0 Å². The Morgan fingerprint density at radius 2 is 1.81 bits per heavy atom. The lowest BCUT2D eigenvalue weighted by molar-refractivity contribution is -0.143. The third-order valence-electron chi connectivity index (χ3n) is 1.57. The zero-order chi connectivity index (χ0) is 12.7. The number of amides is 1. The average Bonchev–Trinajstić information content (AvgIpc) is 2.42. The minimum absolute atomic E-state index is 0.0995. The molecule has 0 bridgehead atoms. The first-order valence-corrected chi connectivity index (χ1v) is 4.36. The van der Waals surface area contributed by atoms with Gasteiger partial charge in [-0.1, -0.05) is 0 Å². The number of carboxylic acids is 2. The van der Waals surface area contributed by atoms with Gasteiger partial charge < -0.3 is 15.1 Å². The average molecular weight is 231 g/mol. The second-order valence-electron chi connectivity index (χ2n) is 3.04. The van der Waals surface area contributed by atoms with Crippen LogP contribution in [-0.2, 0) is 14.4 Å². The van der Waals surface area contributed by atoms with Crippen LogP contribution in [0.25, 0.3) is 0 Å². The van der Waals surface area contributed by atoms with Gasteiger partial charge in [-0.15, -0.1) is 0 Å². The lowest BCUT2D eigenvalue weighted by Gasteiger charge is -2.03. The van der Waals surface area contributed by atoms with E-state index >= 15 is 0 Å². The Morgan fingerprint density at radius 3 is 1.94 bits per heavy atom. The van der Waals surface area contributed by atoms with Crippen molar-refractivity contribution in [3.8, 4) is 0 Å². The van der Waals surface area contributed by atoms with Crippen LogP contribution in [-0.4, -0.2) is 52.5 Å². The maximum atomic E-state index is 10.4. The highest BCUT2D eigenvalue weighted by molar-refractivity contribution is 6.02. The van der Waals surface area contributed by atoms with Crippen LogP contribution in [0.1, 0.15) is 12.8 Å². The van der Waals surface area contributed by atoms with E-state index in [2.05, 4.69) is 5.32 Å². The molecular formula is C8H13N3O5. The molecule has 0 unspecified atom stereocenters. The second kappa shape index (κ2) is 6.38. The Kier molecular flexibility index (Phi) is 5.53. The monoisotopic (exact) mass is 231 g/mol. The highest BCUT2D eigenvalue weighted by Gasteiger charge is 2.18. The van der Waals surface area contributed by atoms with Gasteiger partial charge in [0.15, 0.2) is 5.96 Å². The van der Waals surface area contributed by atoms with Gasteiger partial charge in [-0.2, -0.15) is 0 Å². The fourth-order valence-corrected chi connectivity index (χ4v) is 0.775. The molecule has 0 saturated carbocycles. The van der Waals surface area contributed by atoms with E-state index in [1.165, 1.54) is 0 Å². The summed E-state index contributed by atoms with van der Waals surface area (Å²) >= 11 is 0. The maximum absolute atomic E-state index is 10.4. The van der Waals surface area contributed by atoms with Crippen LogP contribution < -0.4 is 5.32 Å². The maximum Gasteiger partial charge on any atom is 0.303 e. The standard InChI is InChI=1S/C4H7N3O.C4H6O4/c1-7-2-3(8)6-4(7)5;5-3(6)1-2-4(7)8/h2H2,1H3,(H2,5,6,8);1-2H2,(H,5,6)(H,7,8). The minimum atomic E-state index is -1.08. The topological polar surface area (TPSA) is 131 Å². The second-order valence-corrected chi connectivity index (χ2v) is 3.04. The normalized spacial score (nSPS) is 13.9. The molecule has 1 amide bonds. The number of carbonyl (C=O) groups excluding carboxylic acids is 1. The number of rotatable bonds is 3. The summed E-state index contributed by atoms with van der Waals surface area (Å²) in [7, 11) is 1.69. The van der Waals surface area contributed by atoms with Crippen LogP contribution in [0.2, 0.25) is 0 Å². The third kappa shape index (κ3) is 6.35. The smallest absolute Gasteiger partial charge is 0.303 e. The van der Waals surface area contributed by atoms with Gasteiger partial charge >= 0.3 is 11.9 Å². The molecule has 0 atom stereocenters. The number of nitrogens with one attached hydrogen (secondary N) is 2. The molecule has 0 aliphatic carbocycles. The van der Waals surface area contributed by atoms with Gasteiger partial charge in [0.2, 0.25) is 5.91 Å². The van der Waals surface area contributed by atoms with Gasteiger partial charge in [0, 0.05) is 7.05 Å². The van der Waals surface area contributed by atoms with E-state index in [1.807, 2.05) is 0 Å². The first-order chi connectivity index (χ1) is 7.32. The Balaban J connectivity index is 0.000000281. The summed E-state index contributed by atoms with van der Waals surface area (Å²) in [6.07, 6.45) is -0.593. The van der Waals surface area contributed by atoms with Gasteiger partial charge in [0.05, 0.1) is 19.4 Å². The van der Waals surface area contributed by atoms with Crippen molar-refractivity contribution in [3.05, 3.63) is 0 Å². The zero-order valence-corrected chi connectivity index (χ0v) is 8.69. The molecule has 0 radical (unpaired) electrons. The molecule has 0 spiro atoms. The molecule has 1 aliphatic rings. The largest absolute Gasteiger partial charge is 0.481 e. The number of nitrogens with zero attached hydrogens (tertiary/aromatic N) is 1. The van der Waals surface area contributed by atoms with Crippen molar-refractivity contribution in [2.75, 3.05) is 13.6 Å². The quantitative estimate of drug-likeness (QED) is 0.488. The van der Waals surface area contributed by atoms with Crippen LogP contribution >= 0.6 is 0 Å². The molecule has 8 heteroatoms. The molecule has 90 valence electrons. The van der Waals surface area contributed by atoms with E-state index in [-0.39, 0.29) is 24.7 Å². The van der Waals surface area contributed by atoms with Crippen molar-refractivity contribution in [1.82, 2.24) is 10.2 Å². The van der Waals surface area contributed by atoms with Crippen molar-refractivity contribution >= 4 is 23.8 Å². The molecule has 8 nitrogen and oxygen atoms in total. The molecule has 1 rings (SSSR count). The number of hydrogen-bond donors (Lipinski definition) is 4. The van der Waals surface area contributed by atoms with Gasteiger partial charge in [0.1, 0.15) is 0 Å². The van der Waals surface area contributed by atoms with Crippen LogP contribution in [0.15, 0.2) is 0 Å². The van der Waals surface area contributed by atoms with Crippen molar-refractivity contribution in [2.45, 2.75) is 12.8 Å². The Hall–Kier alpha value is -2.12. The van der Waals surface area contributed by atoms with E-state index in [9.17, 15) is 14.4 Å². The Morgan fingerprint density at radius 1 is 1.38 bits per heavy atom. The molecule has 0 aromatic carbocycles. The molecular weight excluding hydrogens is 218 g/mol. The summed E-state index contributed by atoms with van der Waals surface area (Å²) in [4.78, 5) is 31.2. The number of likely N-dealkylation sites (N-methyl/N-ethyl adjacent to an activating group) is 1. The predicted molar refractivity (Wildman–Crippen MR) is 53.0 cm³/mol. The summed E-state index contributed by atoms with van der Waals surface area (Å²) in [5, 5.41) is 25.1. The minimum Gasteiger partial charge on any atom is -0.481 e. The van der Waals surface area contributed by atoms with E-state index < -0.39 is 11.9 Å². The molecule has 1 heterocycles. The Bertz CT molecular complexity index is 301. The summed E-state index contributed by atoms with van der Waals surface area (Å²) in [5.74, 6) is -2.06. The first kappa shape index (κ1) is 13.9. The van der Waals surface area contributed by atoms with Crippen LogP contribution in [0.3, 0.4) is 0 Å². The molecule has 0 aromatic rings. The number of guanidine groups is 1. The zero-order valence-electron chi connectivity index (χ0n) is 8.69. The van der Waals surface area contributed by atoms with Gasteiger partial charge in [-0.25, -0.2) is 0 Å². The summed E-state index contributed by atoms with van der Waals surface area (Å²) in [6, 6.07) is 0. The van der Waals surface area contributed by atoms with Crippen molar-refractivity contribution in [1.29, 1.82) is 5.41 Å². The van der Waals surface area contributed by atoms with Gasteiger partial charge in [-0.05, 0) is 0 Å². The lowest BCUT2D eigenvalue weighted by atomic mass is 10.3. The SMILES string of the molecule is CN1CC(=O)NC1=N.O=C(O)CCC(=O)O. The van der Waals surface area contributed by atoms with Crippen molar-refractivity contribution in [2.24, 2.45) is 0 Å². The van der Waals surface area contributed by atoms with E-state index in [1.54, 1.807) is 11.9 Å². The van der Waals surface area contributed by atoms with E-state index in [0.29, 0.717) is 6.54 Å². The van der Waals surface area contributed by atoms with E-state index in [0.717, 1.165) is 0 Å². The molecule has 1 fully saturated rings. The summed E-state index contributed by atoms with van der Waals surface area (Å²) in [5.41, 5.74) is 0. The first-order valence-electron chi connectivity index (χ1n) is 4.36. The highest BCUT2D eigenvalue weighted by atomic mass is 16.4. The fraction of sp³-hybridized carbons (Fsp3) is 0.500. The van der Waals surface area contributed by atoms with Gasteiger partial charge in [-0.3, -0.25) is 25.1 Å². The predicted octanol–water partition coefficient (Wildman–Crippen LogP) is -1.08. The van der Waals surface area contributed by atoms with Gasteiger partial charge in [0.25, 0.3) is 0 Å². The number of hydrogen-bond acceptors (Lipinski definition) is 4. The van der Waals surface area contributed by atoms with E-state index in [4.69, 9.17) is 15.6 Å². The molecule has 0 aromatic heterocycles. The third-order valence-corrected chi connectivity index (χ3v) is 1.57. The highest BCUT2D eigenvalue weighted by Crippen LogP contribution is 1.89. The fourth-order valence-electron chi connectivity index (χ4n) is 0.775. The number of carbonyl (C=O) groups is 3. The molecule has 4 N–H and O–H groups in total. The van der Waals surface area contributed by atoms with Crippen molar-refractivity contribution in [3.63, 3.8) is 0 Å². The van der Waals surface area contributed by atoms with Crippen LogP contribution in [0.5, 0.6) is 0 Å². The number of aliphatic carboxylic acids is 2. The molecule has 1 aliphatic heterocycles.